The molecule has 1 aromatic rings. The number of aromatic hydroxyl groups is 1. The van der Waals surface area contributed by atoms with E-state index in [1.54, 1.807) is 6.07 Å². The lowest BCUT2D eigenvalue weighted by atomic mass is 10.2. The molecule has 3 heteroatoms. The molecule has 1 N–H and O–H groups in total. The molecule has 11 heavy (non-hydrogen) atoms. The summed E-state index contributed by atoms with van der Waals surface area (Å²) in [6, 6.07) is 3.66. The summed E-state index contributed by atoms with van der Waals surface area (Å²) in [7, 11) is 0. The SMILES string of the molecule is Oc1cc2c(cc1I)CCO2. The van der Waals surface area contributed by atoms with Gasteiger partial charge in [-0.1, -0.05) is 0 Å². The topological polar surface area (TPSA) is 29.5 Å². The Balaban J connectivity index is 2.57. The zero-order valence-corrected chi connectivity index (χ0v) is 7.96. The second-order valence-electron chi connectivity index (χ2n) is 2.51. The van der Waals surface area contributed by atoms with Crippen molar-refractivity contribution < 1.29 is 9.84 Å². The van der Waals surface area contributed by atoms with Crippen LogP contribution >= 0.6 is 22.6 Å². The molecule has 2 nitrogen and oxygen atoms in total. The molecule has 0 spiro atoms. The Hall–Kier alpha value is -0.450. The first kappa shape index (κ1) is 7.21. The number of halogens is 1. The predicted octanol–water partition coefficient (Wildman–Crippen LogP) is 1.93. The van der Waals surface area contributed by atoms with E-state index in [4.69, 9.17) is 4.74 Å². The van der Waals surface area contributed by atoms with Gasteiger partial charge in [0.05, 0.1) is 10.2 Å². The summed E-state index contributed by atoms with van der Waals surface area (Å²) >= 11 is 2.11. The Labute approximate surface area is 78.3 Å². The maximum Gasteiger partial charge on any atom is 0.132 e. The highest BCUT2D eigenvalue weighted by atomic mass is 127. The number of ether oxygens (including phenoxy) is 1. The Morgan fingerprint density at radius 2 is 2.27 bits per heavy atom. The van der Waals surface area contributed by atoms with Gasteiger partial charge < -0.3 is 9.84 Å². The van der Waals surface area contributed by atoms with Gasteiger partial charge in [-0.25, -0.2) is 0 Å². The molecule has 1 heterocycles. The molecule has 1 aliphatic heterocycles. The first-order valence-electron chi connectivity index (χ1n) is 3.41. The van der Waals surface area contributed by atoms with Crippen molar-refractivity contribution >= 4 is 22.6 Å². The maximum atomic E-state index is 9.30. The van der Waals surface area contributed by atoms with Crippen molar-refractivity contribution in [2.24, 2.45) is 0 Å². The third kappa shape index (κ3) is 1.17. The van der Waals surface area contributed by atoms with Gasteiger partial charge in [0.2, 0.25) is 0 Å². The number of fused-ring (bicyclic) bond motifs is 1. The Kier molecular flexibility index (Phi) is 1.67. The highest BCUT2D eigenvalue weighted by molar-refractivity contribution is 14.1. The summed E-state index contributed by atoms with van der Waals surface area (Å²) in [4.78, 5) is 0. The monoisotopic (exact) mass is 262 g/mol. The van der Waals surface area contributed by atoms with Crippen molar-refractivity contribution in [2.45, 2.75) is 6.42 Å². The van der Waals surface area contributed by atoms with E-state index < -0.39 is 0 Å². The third-order valence-electron chi connectivity index (χ3n) is 1.76. The standard InChI is InChI=1S/C8H7IO2/c9-6-3-5-1-2-11-8(5)4-7(6)10/h3-4,10H,1-2H2. The second-order valence-corrected chi connectivity index (χ2v) is 3.67. The van der Waals surface area contributed by atoms with E-state index in [1.807, 2.05) is 6.07 Å². The molecule has 0 unspecified atom stereocenters. The minimum Gasteiger partial charge on any atom is -0.507 e. The van der Waals surface area contributed by atoms with Crippen molar-refractivity contribution in [3.63, 3.8) is 0 Å². The van der Waals surface area contributed by atoms with Crippen LogP contribution in [0.3, 0.4) is 0 Å². The summed E-state index contributed by atoms with van der Waals surface area (Å²) < 4.78 is 6.17. The molecular weight excluding hydrogens is 255 g/mol. The van der Waals surface area contributed by atoms with Gasteiger partial charge >= 0.3 is 0 Å². The minimum atomic E-state index is 0.311. The van der Waals surface area contributed by atoms with E-state index in [-0.39, 0.29) is 0 Å². The fourth-order valence-electron chi connectivity index (χ4n) is 1.18. The van der Waals surface area contributed by atoms with Crippen molar-refractivity contribution in [1.82, 2.24) is 0 Å². The van der Waals surface area contributed by atoms with Crippen LogP contribution in [-0.2, 0) is 6.42 Å². The van der Waals surface area contributed by atoms with Gasteiger partial charge in [-0.3, -0.25) is 0 Å². The number of rotatable bonds is 0. The lowest BCUT2D eigenvalue weighted by Crippen LogP contribution is -1.85. The Morgan fingerprint density at radius 1 is 1.45 bits per heavy atom. The highest BCUT2D eigenvalue weighted by Gasteiger charge is 2.13. The summed E-state index contributed by atoms with van der Waals surface area (Å²) in [5.41, 5.74) is 1.20. The highest BCUT2D eigenvalue weighted by Crippen LogP contribution is 2.32. The summed E-state index contributed by atoms with van der Waals surface area (Å²) in [5.74, 6) is 1.15. The van der Waals surface area contributed by atoms with Crippen molar-refractivity contribution in [1.29, 1.82) is 0 Å². The van der Waals surface area contributed by atoms with Gasteiger partial charge in [-0.15, -0.1) is 0 Å². The van der Waals surface area contributed by atoms with Crippen LogP contribution in [0.2, 0.25) is 0 Å². The number of hydrogen-bond donors (Lipinski definition) is 1. The molecule has 0 fully saturated rings. The maximum absolute atomic E-state index is 9.30. The minimum absolute atomic E-state index is 0.311. The van der Waals surface area contributed by atoms with Crippen LogP contribution < -0.4 is 4.74 Å². The molecule has 58 valence electrons. The van der Waals surface area contributed by atoms with Gasteiger partial charge in [0.1, 0.15) is 11.5 Å². The van der Waals surface area contributed by atoms with E-state index in [9.17, 15) is 5.11 Å². The van der Waals surface area contributed by atoms with Gasteiger partial charge in [-0.05, 0) is 34.2 Å². The van der Waals surface area contributed by atoms with Gasteiger partial charge in [0.25, 0.3) is 0 Å². The number of hydrogen-bond acceptors (Lipinski definition) is 2. The van der Waals surface area contributed by atoms with Gasteiger partial charge in [0.15, 0.2) is 0 Å². The largest absolute Gasteiger partial charge is 0.507 e. The number of phenolic OH excluding ortho intramolecular Hbond substituents is 1. The molecule has 0 radical (unpaired) electrons. The molecule has 1 aliphatic rings. The van der Waals surface area contributed by atoms with E-state index in [0.29, 0.717) is 5.75 Å². The summed E-state index contributed by atoms with van der Waals surface area (Å²) in [6.07, 6.45) is 0.964. The van der Waals surface area contributed by atoms with Gasteiger partial charge in [-0.2, -0.15) is 0 Å². The number of phenols is 1. The summed E-state index contributed by atoms with van der Waals surface area (Å²) in [5, 5.41) is 9.30. The second kappa shape index (κ2) is 2.55. The molecule has 2 rings (SSSR count). The summed E-state index contributed by atoms with van der Waals surface area (Å²) in [6.45, 7) is 0.745. The first-order valence-corrected chi connectivity index (χ1v) is 4.49. The smallest absolute Gasteiger partial charge is 0.132 e. The third-order valence-corrected chi connectivity index (χ3v) is 2.62. The van der Waals surface area contributed by atoms with Gasteiger partial charge in [0, 0.05) is 12.5 Å². The average Bonchev–Trinajstić information content (AvgIpc) is 2.36. The fraction of sp³-hybridized carbons (Fsp3) is 0.250. The molecule has 0 amide bonds. The van der Waals surface area contributed by atoms with Crippen LogP contribution in [0.4, 0.5) is 0 Å². The zero-order valence-electron chi connectivity index (χ0n) is 5.80. The zero-order chi connectivity index (χ0) is 7.84. The van der Waals surface area contributed by atoms with Crippen molar-refractivity contribution in [2.75, 3.05) is 6.61 Å². The van der Waals surface area contributed by atoms with Crippen molar-refractivity contribution in [3.05, 3.63) is 21.3 Å². The van der Waals surface area contributed by atoms with Crippen LogP contribution in [0.5, 0.6) is 11.5 Å². The van der Waals surface area contributed by atoms with Crippen LogP contribution in [0, 0.1) is 3.57 Å². The van der Waals surface area contributed by atoms with E-state index >= 15 is 0 Å². The van der Waals surface area contributed by atoms with E-state index in [2.05, 4.69) is 22.6 Å². The van der Waals surface area contributed by atoms with Crippen LogP contribution in [0.1, 0.15) is 5.56 Å². The fourth-order valence-corrected chi connectivity index (χ4v) is 1.72. The normalized spacial score (nSPS) is 14.3. The molecule has 1 aromatic carbocycles. The molecule has 0 bridgehead atoms. The molecular formula is C8H7IO2. The predicted molar refractivity (Wildman–Crippen MR) is 50.0 cm³/mol. The quantitative estimate of drug-likeness (QED) is 0.724. The molecule has 0 atom stereocenters. The van der Waals surface area contributed by atoms with E-state index in [1.165, 1.54) is 5.56 Å². The van der Waals surface area contributed by atoms with Crippen LogP contribution in [0.25, 0.3) is 0 Å². The Morgan fingerprint density at radius 3 is 3.09 bits per heavy atom. The Bertz CT molecular complexity index is 267. The molecule has 0 aliphatic carbocycles. The molecule has 0 saturated carbocycles. The molecule has 0 aromatic heterocycles. The first-order chi connectivity index (χ1) is 5.27. The average molecular weight is 262 g/mol. The van der Waals surface area contributed by atoms with Crippen molar-refractivity contribution in [3.8, 4) is 11.5 Å². The number of benzene rings is 1. The van der Waals surface area contributed by atoms with Crippen LogP contribution in [0.15, 0.2) is 12.1 Å². The lowest BCUT2D eigenvalue weighted by molar-refractivity contribution is 0.354. The van der Waals surface area contributed by atoms with E-state index in [0.717, 1.165) is 22.3 Å². The van der Waals surface area contributed by atoms with Crippen LogP contribution in [-0.4, -0.2) is 11.7 Å². The lowest BCUT2D eigenvalue weighted by Gasteiger charge is -2.00. The molecule has 0 saturated heterocycles.